The molecule has 2 aromatic rings. The van der Waals surface area contributed by atoms with Crippen LogP contribution in [0.3, 0.4) is 0 Å². The minimum absolute atomic E-state index is 0.0563. The standard InChI is InChI=1S/C32H36F3N5O14S/c1-12(41)47-10-22-27(49-14(3)43)25(37-39-36)29(51-16(5)45)31(53-22)55-32-30(52-17(6)46)26(28(50-15(4)44)23(54-32)11-48-13(2)42)40-9-21(38-40)18-7-19(33)24(35)20(34)8-18/h7-9,22-23,25-32,38H,10-11H2,1-6H3/t22-,23?,25?,26?,27?,28+,29-,30+,31?,32+/m1/s1. The number of ether oxygens (including phenoxy) is 8. The predicted molar refractivity (Wildman–Crippen MR) is 176 cm³/mol. The molecule has 1 aromatic carbocycles. The molecule has 300 valence electrons. The molecule has 2 saturated heterocycles. The Hall–Kier alpha value is -5.25. The molecule has 55 heavy (non-hydrogen) atoms. The smallest absolute Gasteiger partial charge is 0.303 e. The van der Waals surface area contributed by atoms with Crippen molar-refractivity contribution in [3.63, 3.8) is 0 Å². The van der Waals surface area contributed by atoms with Gasteiger partial charge in [-0.2, -0.15) is 0 Å². The van der Waals surface area contributed by atoms with Crippen LogP contribution in [-0.2, 0) is 66.7 Å². The monoisotopic (exact) mass is 803 g/mol. The van der Waals surface area contributed by atoms with Gasteiger partial charge in [-0.1, -0.05) is 16.9 Å². The normalized spacial score (nSPS) is 27.5. The first-order chi connectivity index (χ1) is 25.9. The van der Waals surface area contributed by atoms with Gasteiger partial charge in [0.25, 0.3) is 0 Å². The van der Waals surface area contributed by atoms with Crippen LogP contribution in [0.15, 0.2) is 23.4 Å². The van der Waals surface area contributed by atoms with Crippen LogP contribution in [0, 0.1) is 17.5 Å². The second-order valence-corrected chi connectivity index (χ2v) is 13.3. The summed E-state index contributed by atoms with van der Waals surface area (Å²) < 4.78 is 88.2. The molecule has 3 heterocycles. The molecular formula is C32H36F3N5O14S. The number of hydrogen-bond acceptors (Lipinski definition) is 16. The molecule has 0 spiro atoms. The molecule has 2 fully saturated rings. The fourth-order valence-corrected chi connectivity index (χ4v) is 7.33. The average Bonchev–Trinajstić information content (AvgIpc) is 3.05. The van der Waals surface area contributed by atoms with E-state index in [1.807, 2.05) is 0 Å². The molecule has 0 radical (unpaired) electrons. The predicted octanol–water partition coefficient (Wildman–Crippen LogP) is 3.16. The Morgan fingerprint density at radius 1 is 0.745 bits per heavy atom. The van der Waals surface area contributed by atoms with E-state index in [1.165, 1.54) is 10.9 Å². The second kappa shape index (κ2) is 18.4. The molecule has 0 aliphatic carbocycles. The van der Waals surface area contributed by atoms with Gasteiger partial charge in [-0.15, -0.1) is 0 Å². The molecule has 0 amide bonds. The lowest BCUT2D eigenvalue weighted by Crippen LogP contribution is -2.62. The van der Waals surface area contributed by atoms with Gasteiger partial charge in [0.1, 0.15) is 60.6 Å². The van der Waals surface area contributed by atoms with Gasteiger partial charge in [-0.3, -0.25) is 38.5 Å². The number of rotatable bonds is 13. The van der Waals surface area contributed by atoms with Crippen molar-refractivity contribution >= 4 is 47.6 Å². The minimum Gasteiger partial charge on any atom is -0.463 e. The Labute approximate surface area is 313 Å². The number of thioether (sulfide) groups is 1. The average molecular weight is 804 g/mol. The largest absolute Gasteiger partial charge is 0.463 e. The maximum Gasteiger partial charge on any atom is 0.303 e. The number of aromatic amines is 1. The molecule has 23 heteroatoms. The van der Waals surface area contributed by atoms with Gasteiger partial charge in [0.2, 0.25) is 0 Å². The molecular weight excluding hydrogens is 767 g/mol. The first-order valence-electron chi connectivity index (χ1n) is 16.3. The van der Waals surface area contributed by atoms with E-state index < -0.39 is 126 Å². The number of azide groups is 1. The number of carbonyl (C=O) groups is 6. The SMILES string of the molecule is CC(=O)OCC1O[C@@H](SC2O[C@H](COC(C)=O)C(OC(C)=O)C(N=[N+]=[N-])[C@H]2OC(C)=O)[C@@H](OC(C)=O)C(n2cc(-c3cc(F)c(F)c(F)c3)[nH]2)[C@H]1OC(C)=O. The van der Waals surface area contributed by atoms with Crippen LogP contribution in [0.5, 0.6) is 0 Å². The van der Waals surface area contributed by atoms with E-state index in [-0.39, 0.29) is 11.3 Å². The summed E-state index contributed by atoms with van der Waals surface area (Å²) in [6.07, 6.45) is -7.31. The van der Waals surface area contributed by atoms with Crippen LogP contribution in [0.2, 0.25) is 0 Å². The summed E-state index contributed by atoms with van der Waals surface area (Å²) in [5.41, 5.74) is 6.54. The fourth-order valence-electron chi connectivity index (χ4n) is 5.91. The van der Waals surface area contributed by atoms with E-state index >= 15 is 0 Å². The number of H-pyrrole nitrogens is 1. The Morgan fingerprint density at radius 3 is 1.65 bits per heavy atom. The van der Waals surface area contributed by atoms with Gasteiger partial charge >= 0.3 is 35.8 Å². The van der Waals surface area contributed by atoms with Crippen molar-refractivity contribution in [3.05, 3.63) is 46.2 Å². The Bertz CT molecular complexity index is 1800. The van der Waals surface area contributed by atoms with Crippen molar-refractivity contribution < 1.29 is 79.8 Å². The summed E-state index contributed by atoms with van der Waals surface area (Å²) in [5, 5.41) is 6.52. The summed E-state index contributed by atoms with van der Waals surface area (Å²) in [6, 6.07) is -1.36. The number of carbonyl (C=O) groups excluding carboxylic acids is 6. The van der Waals surface area contributed by atoms with Gasteiger partial charge in [-0.25, -0.2) is 13.2 Å². The summed E-state index contributed by atoms with van der Waals surface area (Å²) in [4.78, 5) is 76.1. The van der Waals surface area contributed by atoms with Crippen LogP contribution < -0.4 is 0 Å². The lowest BCUT2D eigenvalue weighted by atomic mass is 9.96. The van der Waals surface area contributed by atoms with Crippen LogP contribution in [0.4, 0.5) is 13.2 Å². The Balaban J connectivity index is 1.84. The van der Waals surface area contributed by atoms with Crippen molar-refractivity contribution in [2.24, 2.45) is 5.11 Å². The zero-order chi connectivity index (χ0) is 40.7. The topological polar surface area (TPSA) is 246 Å². The number of halogens is 3. The quantitative estimate of drug-likeness (QED) is 0.0763. The van der Waals surface area contributed by atoms with E-state index in [2.05, 4.69) is 15.1 Å². The highest BCUT2D eigenvalue weighted by molar-refractivity contribution is 8.00. The summed E-state index contributed by atoms with van der Waals surface area (Å²) in [6.45, 7) is 5.30. The molecule has 0 saturated carbocycles. The summed E-state index contributed by atoms with van der Waals surface area (Å²) in [7, 11) is 0. The van der Waals surface area contributed by atoms with Gasteiger partial charge in [-0.05, 0) is 17.7 Å². The van der Waals surface area contributed by atoms with Crippen molar-refractivity contribution in [3.8, 4) is 11.3 Å². The number of nitrogens with zero attached hydrogens (tertiary/aromatic N) is 4. The first-order valence-corrected chi connectivity index (χ1v) is 17.2. The molecule has 19 nitrogen and oxygen atoms in total. The third kappa shape index (κ3) is 10.7. The van der Waals surface area contributed by atoms with Crippen molar-refractivity contribution in [2.75, 3.05) is 13.2 Å². The molecule has 4 rings (SSSR count). The zero-order valence-electron chi connectivity index (χ0n) is 30.0. The van der Waals surface area contributed by atoms with Crippen LogP contribution in [0.1, 0.15) is 47.6 Å². The molecule has 1 N–H and O–H groups in total. The van der Waals surface area contributed by atoms with Crippen LogP contribution >= 0.6 is 11.8 Å². The number of hydrogen-bond donors (Lipinski definition) is 1. The van der Waals surface area contributed by atoms with E-state index in [0.29, 0.717) is 11.8 Å². The van der Waals surface area contributed by atoms with Gasteiger partial charge in [0.15, 0.2) is 29.7 Å². The lowest BCUT2D eigenvalue weighted by molar-refractivity contribution is -0.214. The first kappa shape index (κ1) is 42.5. The minimum atomic E-state index is -1.70. The fraction of sp³-hybridized carbons (Fsp3) is 0.562. The van der Waals surface area contributed by atoms with E-state index in [9.17, 15) is 47.5 Å². The highest BCUT2D eigenvalue weighted by Crippen LogP contribution is 2.44. The summed E-state index contributed by atoms with van der Waals surface area (Å²) >= 11 is 0.687. The Kier molecular flexibility index (Phi) is 14.2. The number of nitrogens with one attached hydrogen (secondary N) is 1. The van der Waals surface area contributed by atoms with Gasteiger partial charge in [0, 0.05) is 58.2 Å². The van der Waals surface area contributed by atoms with Gasteiger partial charge < -0.3 is 37.9 Å². The van der Waals surface area contributed by atoms with Crippen molar-refractivity contribution in [1.29, 1.82) is 0 Å². The Morgan fingerprint density at radius 2 is 1.18 bits per heavy atom. The van der Waals surface area contributed by atoms with Crippen LogP contribution in [-0.4, -0.2) is 112 Å². The van der Waals surface area contributed by atoms with Crippen molar-refractivity contribution in [2.45, 2.75) is 101 Å². The second-order valence-electron chi connectivity index (χ2n) is 12.1. The lowest BCUT2D eigenvalue weighted by Gasteiger charge is -2.48. The molecule has 0 bridgehead atoms. The third-order valence-corrected chi connectivity index (χ3v) is 9.23. The maximum atomic E-state index is 14.1. The molecule has 2 aliphatic heterocycles. The highest BCUT2D eigenvalue weighted by atomic mass is 32.2. The van der Waals surface area contributed by atoms with E-state index in [1.54, 1.807) is 0 Å². The molecule has 5 unspecified atom stereocenters. The summed E-state index contributed by atoms with van der Waals surface area (Å²) in [5.74, 6) is -9.65. The number of esters is 6. The zero-order valence-corrected chi connectivity index (χ0v) is 30.8. The number of benzene rings is 1. The third-order valence-electron chi connectivity index (χ3n) is 7.93. The molecule has 2 aliphatic rings. The highest BCUT2D eigenvalue weighted by Gasteiger charge is 2.56. The number of aromatic nitrogens is 2. The van der Waals surface area contributed by atoms with Crippen LogP contribution in [0.25, 0.3) is 21.7 Å². The maximum absolute atomic E-state index is 14.1. The van der Waals surface area contributed by atoms with Gasteiger partial charge in [0.05, 0.1) is 5.69 Å². The van der Waals surface area contributed by atoms with Crippen molar-refractivity contribution in [1.82, 2.24) is 9.78 Å². The van der Waals surface area contributed by atoms with E-state index in [4.69, 9.17) is 37.9 Å². The molecule has 10 atom stereocenters. The molecule has 1 aromatic heterocycles. The van der Waals surface area contributed by atoms with E-state index in [0.717, 1.165) is 53.7 Å².